The monoisotopic (exact) mass is 295 g/mol. The number of anilines is 1. The molecule has 3 rings (SSSR count). The first kappa shape index (κ1) is 14.8. The van der Waals surface area contributed by atoms with Crippen LogP contribution in [0.4, 0.5) is 5.69 Å². The quantitative estimate of drug-likeness (QED) is 0.943. The average Bonchev–Trinajstić information content (AvgIpc) is 2.53. The second-order valence-corrected chi connectivity index (χ2v) is 5.90. The van der Waals surface area contributed by atoms with Crippen molar-refractivity contribution in [2.24, 2.45) is 0 Å². The van der Waals surface area contributed by atoms with Crippen molar-refractivity contribution in [1.82, 2.24) is 0 Å². The van der Waals surface area contributed by atoms with Crippen LogP contribution in [-0.4, -0.2) is 17.6 Å². The Kier molecular flexibility index (Phi) is 4.25. The van der Waals surface area contributed by atoms with Crippen molar-refractivity contribution in [2.45, 2.75) is 32.3 Å². The van der Waals surface area contributed by atoms with Crippen molar-refractivity contribution < 1.29 is 9.90 Å². The summed E-state index contributed by atoms with van der Waals surface area (Å²) >= 11 is 0. The van der Waals surface area contributed by atoms with Gasteiger partial charge in [-0.25, -0.2) is 0 Å². The average molecular weight is 295 g/mol. The molecule has 1 aliphatic rings. The molecule has 1 N–H and O–H groups in total. The first-order chi connectivity index (χ1) is 10.6. The lowest BCUT2D eigenvalue weighted by Crippen LogP contribution is -2.36. The van der Waals surface area contributed by atoms with Gasteiger partial charge in [-0.3, -0.25) is 4.79 Å². The maximum atomic E-state index is 12.6. The van der Waals surface area contributed by atoms with Crippen LogP contribution in [0.3, 0.4) is 0 Å². The van der Waals surface area contributed by atoms with Crippen molar-refractivity contribution in [3.05, 3.63) is 65.2 Å². The van der Waals surface area contributed by atoms with E-state index in [1.807, 2.05) is 35.2 Å². The van der Waals surface area contributed by atoms with Gasteiger partial charge in [-0.2, -0.15) is 0 Å². The smallest absolute Gasteiger partial charge is 0.227 e. The minimum atomic E-state index is -0.461. The van der Waals surface area contributed by atoms with E-state index < -0.39 is 6.10 Å². The summed E-state index contributed by atoms with van der Waals surface area (Å²) in [7, 11) is 0. The van der Waals surface area contributed by atoms with Crippen molar-refractivity contribution in [1.29, 1.82) is 0 Å². The summed E-state index contributed by atoms with van der Waals surface area (Å²) in [6.07, 6.45) is 1.39. The van der Waals surface area contributed by atoms with Crippen LogP contribution in [0.5, 0.6) is 0 Å². The maximum absolute atomic E-state index is 12.6. The van der Waals surface area contributed by atoms with E-state index >= 15 is 0 Å². The van der Waals surface area contributed by atoms with Crippen molar-refractivity contribution in [2.75, 3.05) is 11.4 Å². The Labute approximate surface area is 131 Å². The molecule has 0 saturated carbocycles. The topological polar surface area (TPSA) is 40.5 Å². The molecule has 1 atom stereocenters. The largest absolute Gasteiger partial charge is 0.388 e. The van der Waals surface area contributed by atoms with Crippen LogP contribution < -0.4 is 4.90 Å². The van der Waals surface area contributed by atoms with Gasteiger partial charge >= 0.3 is 0 Å². The molecule has 0 radical (unpaired) electrons. The molecule has 1 aliphatic heterocycles. The molecular weight excluding hydrogens is 274 g/mol. The van der Waals surface area contributed by atoms with Crippen LogP contribution in [0.15, 0.2) is 48.5 Å². The van der Waals surface area contributed by atoms with Gasteiger partial charge in [-0.15, -0.1) is 0 Å². The number of carbonyl (C=O) groups excluding carboxylic acids is 1. The van der Waals surface area contributed by atoms with E-state index in [4.69, 9.17) is 0 Å². The summed E-state index contributed by atoms with van der Waals surface area (Å²) in [6.45, 7) is 2.65. The van der Waals surface area contributed by atoms with Crippen LogP contribution in [0.1, 0.15) is 35.6 Å². The minimum Gasteiger partial charge on any atom is -0.388 e. The SMILES string of the molecule is Cc1cccc(CCC(=O)N2CCC(O)c3ccccc32)c1. The van der Waals surface area contributed by atoms with Gasteiger partial charge in [0.05, 0.1) is 6.10 Å². The van der Waals surface area contributed by atoms with Crippen LogP contribution in [0.2, 0.25) is 0 Å². The fourth-order valence-corrected chi connectivity index (χ4v) is 3.06. The van der Waals surface area contributed by atoms with E-state index in [-0.39, 0.29) is 5.91 Å². The minimum absolute atomic E-state index is 0.126. The van der Waals surface area contributed by atoms with Crippen molar-refractivity contribution >= 4 is 11.6 Å². The fraction of sp³-hybridized carbons (Fsp3) is 0.316. The van der Waals surface area contributed by atoms with Gasteiger partial charge < -0.3 is 10.0 Å². The number of para-hydroxylation sites is 1. The molecule has 0 aromatic heterocycles. The highest BCUT2D eigenvalue weighted by molar-refractivity contribution is 5.94. The van der Waals surface area contributed by atoms with Gasteiger partial charge in [-0.1, -0.05) is 48.0 Å². The molecule has 3 nitrogen and oxygen atoms in total. The lowest BCUT2D eigenvalue weighted by atomic mass is 9.98. The van der Waals surface area contributed by atoms with Gasteiger partial charge in [0, 0.05) is 24.2 Å². The summed E-state index contributed by atoms with van der Waals surface area (Å²) < 4.78 is 0. The Hall–Kier alpha value is -2.13. The van der Waals surface area contributed by atoms with Crippen LogP contribution in [0.25, 0.3) is 0 Å². The summed E-state index contributed by atoms with van der Waals surface area (Å²) in [4.78, 5) is 14.4. The molecule has 0 fully saturated rings. The Morgan fingerprint density at radius 1 is 1.23 bits per heavy atom. The number of aliphatic hydroxyl groups is 1. The molecule has 1 heterocycles. The molecule has 2 aromatic rings. The van der Waals surface area contributed by atoms with Gasteiger partial charge in [0.25, 0.3) is 0 Å². The molecule has 3 heteroatoms. The number of rotatable bonds is 3. The molecule has 0 bridgehead atoms. The van der Waals surface area contributed by atoms with E-state index in [0.29, 0.717) is 19.4 Å². The van der Waals surface area contributed by atoms with E-state index in [0.717, 1.165) is 17.7 Å². The third-order valence-electron chi connectivity index (χ3n) is 4.22. The summed E-state index contributed by atoms with van der Waals surface area (Å²) in [5.74, 6) is 0.126. The Morgan fingerprint density at radius 3 is 2.86 bits per heavy atom. The zero-order valence-corrected chi connectivity index (χ0v) is 12.8. The zero-order chi connectivity index (χ0) is 15.5. The third kappa shape index (κ3) is 3.04. The van der Waals surface area contributed by atoms with Crippen molar-refractivity contribution in [3.63, 3.8) is 0 Å². The fourth-order valence-electron chi connectivity index (χ4n) is 3.06. The molecule has 0 spiro atoms. The van der Waals surface area contributed by atoms with Gasteiger partial charge in [0.2, 0.25) is 5.91 Å². The number of benzene rings is 2. The highest BCUT2D eigenvalue weighted by atomic mass is 16.3. The highest BCUT2D eigenvalue weighted by Gasteiger charge is 2.26. The van der Waals surface area contributed by atoms with E-state index in [2.05, 4.69) is 25.1 Å². The number of nitrogens with zero attached hydrogens (tertiary/aromatic N) is 1. The zero-order valence-electron chi connectivity index (χ0n) is 12.8. The molecule has 0 saturated heterocycles. The molecule has 114 valence electrons. The second-order valence-electron chi connectivity index (χ2n) is 5.90. The molecule has 1 amide bonds. The first-order valence-electron chi connectivity index (χ1n) is 7.78. The normalized spacial score (nSPS) is 17.2. The van der Waals surface area contributed by atoms with Crippen molar-refractivity contribution in [3.8, 4) is 0 Å². The number of amides is 1. The standard InChI is InChI=1S/C19H21NO2/c1-14-5-4-6-15(13-14)9-10-19(22)20-12-11-18(21)16-7-2-3-8-17(16)20/h2-8,13,18,21H,9-12H2,1H3. The van der Waals surface area contributed by atoms with Crippen LogP contribution in [-0.2, 0) is 11.2 Å². The third-order valence-corrected chi connectivity index (χ3v) is 4.22. The maximum Gasteiger partial charge on any atom is 0.227 e. The lowest BCUT2D eigenvalue weighted by Gasteiger charge is -2.32. The Bertz CT molecular complexity index is 681. The lowest BCUT2D eigenvalue weighted by molar-refractivity contribution is -0.118. The second kappa shape index (κ2) is 6.32. The highest BCUT2D eigenvalue weighted by Crippen LogP contribution is 2.33. The van der Waals surface area contributed by atoms with E-state index in [1.54, 1.807) is 0 Å². The Balaban J connectivity index is 1.72. The predicted octanol–water partition coefficient (Wildman–Crippen LogP) is 3.40. The number of carbonyl (C=O) groups is 1. The molecule has 0 aliphatic carbocycles. The van der Waals surface area contributed by atoms with E-state index in [1.165, 1.54) is 11.1 Å². The van der Waals surface area contributed by atoms with Crippen LogP contribution >= 0.6 is 0 Å². The number of aryl methyl sites for hydroxylation is 2. The van der Waals surface area contributed by atoms with Gasteiger partial charge in [0.1, 0.15) is 0 Å². The van der Waals surface area contributed by atoms with Crippen LogP contribution in [0, 0.1) is 6.92 Å². The number of hydrogen-bond acceptors (Lipinski definition) is 2. The molecule has 22 heavy (non-hydrogen) atoms. The molecular formula is C19H21NO2. The summed E-state index contributed by atoms with van der Waals surface area (Å²) in [6, 6.07) is 15.9. The molecule has 2 aromatic carbocycles. The number of hydrogen-bond donors (Lipinski definition) is 1. The summed E-state index contributed by atoms with van der Waals surface area (Å²) in [5, 5.41) is 10.1. The summed E-state index contributed by atoms with van der Waals surface area (Å²) in [5.41, 5.74) is 4.13. The van der Waals surface area contributed by atoms with E-state index in [9.17, 15) is 9.90 Å². The van der Waals surface area contributed by atoms with Gasteiger partial charge in [0.15, 0.2) is 0 Å². The first-order valence-corrected chi connectivity index (χ1v) is 7.78. The van der Waals surface area contributed by atoms with Gasteiger partial charge in [-0.05, 0) is 31.4 Å². The number of fused-ring (bicyclic) bond motifs is 1. The molecule has 1 unspecified atom stereocenters. The Morgan fingerprint density at radius 2 is 2.05 bits per heavy atom. The predicted molar refractivity (Wildman–Crippen MR) is 87.9 cm³/mol. The number of aliphatic hydroxyl groups excluding tert-OH is 1.